The number of unbranched alkanes of at least 4 members (excludes halogenated alkanes) is 4. The minimum absolute atomic E-state index is 0.395. The molecule has 0 amide bonds. The molecule has 0 rings (SSSR count). The average molecular weight is 186 g/mol. The Hall–Kier alpha value is -0.0400. The van der Waals surface area contributed by atoms with Crippen molar-refractivity contribution in [2.45, 2.75) is 65.2 Å². The zero-order valence-corrected chi connectivity index (χ0v) is 9.39. The van der Waals surface area contributed by atoms with Crippen LogP contribution in [0.1, 0.15) is 65.2 Å². The van der Waals surface area contributed by atoms with Crippen molar-refractivity contribution in [3.63, 3.8) is 0 Å². The van der Waals surface area contributed by atoms with Gasteiger partial charge in [0.15, 0.2) is 0 Å². The molecule has 0 bridgehead atoms. The topological polar surface area (TPSA) is 20.2 Å². The fraction of sp³-hybridized carbons (Fsp3) is 1.00. The maximum atomic E-state index is 9.11. The van der Waals surface area contributed by atoms with Gasteiger partial charge in [0.05, 0.1) is 0 Å². The molecule has 1 N–H and O–H groups in total. The maximum Gasteiger partial charge on any atom is 0.0459 e. The van der Waals surface area contributed by atoms with E-state index in [1.54, 1.807) is 0 Å². The van der Waals surface area contributed by atoms with Gasteiger partial charge in [-0.05, 0) is 18.8 Å². The normalized spacial score (nSPS) is 13.2. The second-order valence-corrected chi connectivity index (χ2v) is 4.04. The number of aliphatic hydroxyl groups is 1. The van der Waals surface area contributed by atoms with Crippen molar-refractivity contribution in [2.24, 2.45) is 5.92 Å². The highest BCUT2D eigenvalue weighted by molar-refractivity contribution is 4.58. The van der Waals surface area contributed by atoms with Crippen LogP contribution in [0.3, 0.4) is 0 Å². The molecule has 1 nitrogen and oxygen atoms in total. The Bertz CT molecular complexity index is 91.1. The van der Waals surface area contributed by atoms with Crippen LogP contribution in [-0.2, 0) is 0 Å². The van der Waals surface area contributed by atoms with Gasteiger partial charge in [0.1, 0.15) is 0 Å². The van der Waals surface area contributed by atoms with Crippen molar-refractivity contribution in [1.29, 1.82) is 0 Å². The van der Waals surface area contributed by atoms with E-state index in [4.69, 9.17) is 5.11 Å². The van der Waals surface area contributed by atoms with E-state index in [2.05, 4.69) is 13.8 Å². The summed E-state index contributed by atoms with van der Waals surface area (Å²) in [5.41, 5.74) is 0. The second-order valence-electron chi connectivity index (χ2n) is 4.04. The first kappa shape index (κ1) is 13.0. The van der Waals surface area contributed by atoms with E-state index in [0.717, 1.165) is 0 Å². The van der Waals surface area contributed by atoms with Gasteiger partial charge in [0.2, 0.25) is 0 Å². The quantitative estimate of drug-likeness (QED) is 0.544. The Kier molecular flexibility index (Phi) is 10.0. The molecule has 0 unspecified atom stereocenters. The lowest BCUT2D eigenvalue weighted by Crippen LogP contribution is -2.05. The van der Waals surface area contributed by atoms with Gasteiger partial charge < -0.3 is 5.11 Å². The van der Waals surface area contributed by atoms with Crippen molar-refractivity contribution in [3.05, 3.63) is 0 Å². The summed E-state index contributed by atoms with van der Waals surface area (Å²) in [6.45, 7) is 4.85. The summed E-state index contributed by atoms with van der Waals surface area (Å²) in [5.74, 6) is 0.580. The third-order valence-electron chi connectivity index (χ3n) is 2.69. The standard InChI is InChI=1S/C12H26O/c1-3-5-7-8-10-12(11-13)9-6-4-2/h12-13H,3-11H2,1-2H3/t12-/m0/s1. The Morgan fingerprint density at radius 2 is 1.46 bits per heavy atom. The summed E-state index contributed by atoms with van der Waals surface area (Å²) in [6, 6.07) is 0. The third kappa shape index (κ3) is 8.29. The van der Waals surface area contributed by atoms with Crippen LogP contribution in [0, 0.1) is 5.92 Å². The van der Waals surface area contributed by atoms with Crippen LogP contribution in [-0.4, -0.2) is 11.7 Å². The molecule has 0 aliphatic carbocycles. The van der Waals surface area contributed by atoms with Crippen LogP contribution < -0.4 is 0 Å². The van der Waals surface area contributed by atoms with Crippen LogP contribution in [0.15, 0.2) is 0 Å². The van der Waals surface area contributed by atoms with Gasteiger partial charge in [-0.15, -0.1) is 0 Å². The Labute approximate surface area is 83.5 Å². The first-order valence-corrected chi connectivity index (χ1v) is 5.96. The Balaban J connectivity index is 3.25. The zero-order valence-electron chi connectivity index (χ0n) is 9.39. The molecule has 13 heavy (non-hydrogen) atoms. The molecule has 0 aliphatic rings. The van der Waals surface area contributed by atoms with E-state index in [-0.39, 0.29) is 0 Å². The molecule has 0 aromatic rings. The molecular formula is C12H26O. The molecule has 80 valence electrons. The molecule has 0 spiro atoms. The number of rotatable bonds is 9. The van der Waals surface area contributed by atoms with Crippen molar-refractivity contribution >= 4 is 0 Å². The van der Waals surface area contributed by atoms with Gasteiger partial charge in [-0.1, -0.05) is 52.4 Å². The molecule has 0 aliphatic heterocycles. The van der Waals surface area contributed by atoms with Gasteiger partial charge in [-0.3, -0.25) is 0 Å². The molecule has 0 saturated carbocycles. The van der Waals surface area contributed by atoms with Crippen molar-refractivity contribution in [1.82, 2.24) is 0 Å². The molecular weight excluding hydrogens is 160 g/mol. The highest BCUT2D eigenvalue weighted by Gasteiger charge is 2.05. The minimum atomic E-state index is 0.395. The minimum Gasteiger partial charge on any atom is -0.396 e. The summed E-state index contributed by atoms with van der Waals surface area (Å²) < 4.78 is 0. The summed E-state index contributed by atoms with van der Waals surface area (Å²) >= 11 is 0. The van der Waals surface area contributed by atoms with Crippen molar-refractivity contribution < 1.29 is 5.11 Å². The molecule has 1 atom stereocenters. The van der Waals surface area contributed by atoms with Crippen LogP contribution in [0.5, 0.6) is 0 Å². The third-order valence-corrected chi connectivity index (χ3v) is 2.69. The fourth-order valence-electron chi connectivity index (χ4n) is 1.68. The van der Waals surface area contributed by atoms with E-state index < -0.39 is 0 Å². The van der Waals surface area contributed by atoms with E-state index in [0.29, 0.717) is 12.5 Å². The van der Waals surface area contributed by atoms with E-state index in [1.165, 1.54) is 51.4 Å². The largest absolute Gasteiger partial charge is 0.396 e. The zero-order chi connectivity index (χ0) is 9.94. The molecule has 0 fully saturated rings. The van der Waals surface area contributed by atoms with E-state index in [9.17, 15) is 0 Å². The van der Waals surface area contributed by atoms with E-state index in [1.807, 2.05) is 0 Å². The Morgan fingerprint density at radius 1 is 0.846 bits per heavy atom. The lowest BCUT2D eigenvalue weighted by atomic mass is 9.96. The van der Waals surface area contributed by atoms with Gasteiger partial charge in [-0.25, -0.2) is 0 Å². The van der Waals surface area contributed by atoms with Crippen LogP contribution in [0.2, 0.25) is 0 Å². The predicted octanol–water partition coefficient (Wildman–Crippen LogP) is 3.76. The number of hydrogen-bond donors (Lipinski definition) is 1. The van der Waals surface area contributed by atoms with Gasteiger partial charge in [-0.2, -0.15) is 0 Å². The van der Waals surface area contributed by atoms with Gasteiger partial charge in [0, 0.05) is 6.61 Å². The molecule has 0 radical (unpaired) electrons. The lowest BCUT2D eigenvalue weighted by Gasteiger charge is -2.12. The average Bonchev–Trinajstić information content (AvgIpc) is 2.17. The highest BCUT2D eigenvalue weighted by Crippen LogP contribution is 2.16. The molecule has 0 saturated heterocycles. The second kappa shape index (κ2) is 10.0. The predicted molar refractivity (Wildman–Crippen MR) is 58.9 cm³/mol. The first-order valence-electron chi connectivity index (χ1n) is 5.96. The number of hydrogen-bond acceptors (Lipinski definition) is 1. The maximum absolute atomic E-state index is 9.11. The summed E-state index contributed by atoms with van der Waals surface area (Å²) in [4.78, 5) is 0. The molecule has 0 aromatic heterocycles. The fourth-order valence-corrected chi connectivity index (χ4v) is 1.68. The summed E-state index contributed by atoms with van der Waals surface area (Å²) in [5, 5.41) is 9.11. The molecule has 0 heterocycles. The first-order chi connectivity index (χ1) is 6.35. The molecule has 1 heteroatoms. The smallest absolute Gasteiger partial charge is 0.0459 e. The van der Waals surface area contributed by atoms with Crippen molar-refractivity contribution in [3.8, 4) is 0 Å². The summed E-state index contributed by atoms with van der Waals surface area (Å²) in [7, 11) is 0. The van der Waals surface area contributed by atoms with E-state index >= 15 is 0 Å². The summed E-state index contributed by atoms with van der Waals surface area (Å²) in [6.07, 6.45) is 10.3. The SMILES string of the molecule is CCCCCC[C@@H](CO)CCCC. The monoisotopic (exact) mass is 186 g/mol. The van der Waals surface area contributed by atoms with Crippen LogP contribution in [0.4, 0.5) is 0 Å². The van der Waals surface area contributed by atoms with Crippen molar-refractivity contribution in [2.75, 3.05) is 6.61 Å². The lowest BCUT2D eigenvalue weighted by molar-refractivity contribution is 0.205. The highest BCUT2D eigenvalue weighted by atomic mass is 16.3. The number of aliphatic hydroxyl groups excluding tert-OH is 1. The van der Waals surface area contributed by atoms with Crippen LogP contribution >= 0.6 is 0 Å². The van der Waals surface area contributed by atoms with Gasteiger partial charge >= 0.3 is 0 Å². The van der Waals surface area contributed by atoms with Gasteiger partial charge in [0.25, 0.3) is 0 Å². The Morgan fingerprint density at radius 3 is 2.00 bits per heavy atom. The van der Waals surface area contributed by atoms with Crippen LogP contribution in [0.25, 0.3) is 0 Å². The molecule has 0 aromatic carbocycles.